The first-order valence-electron chi connectivity index (χ1n) is 12.3. The number of hydrogen-bond acceptors (Lipinski definition) is 8. The molecule has 5 rings (SSSR count). The largest absolute Gasteiger partial charge is 0.497 e. The minimum Gasteiger partial charge on any atom is -0.497 e. The van der Waals surface area contributed by atoms with Crippen LogP contribution in [0.3, 0.4) is 0 Å². The number of aromatic nitrogens is 3. The molecule has 0 spiro atoms. The van der Waals surface area contributed by atoms with Crippen LogP contribution in [0, 0.1) is 0 Å². The molecule has 1 fully saturated rings. The fraction of sp³-hybridized carbons (Fsp3) is 0.296. The normalized spacial score (nSPS) is 13.9. The monoisotopic (exact) mass is 533 g/mol. The molecule has 10 nitrogen and oxygen atoms in total. The van der Waals surface area contributed by atoms with Crippen LogP contribution in [0.5, 0.6) is 5.75 Å². The zero-order valence-electron chi connectivity index (χ0n) is 20.8. The van der Waals surface area contributed by atoms with Crippen molar-refractivity contribution in [3.05, 3.63) is 70.4 Å². The van der Waals surface area contributed by atoms with Gasteiger partial charge < -0.3 is 19.4 Å². The number of rotatable bonds is 9. The zero-order valence-corrected chi connectivity index (χ0v) is 21.6. The van der Waals surface area contributed by atoms with Gasteiger partial charge in [-0.2, -0.15) is 5.10 Å². The number of ketones is 1. The minimum absolute atomic E-state index is 0.0163. The predicted molar refractivity (Wildman–Crippen MR) is 141 cm³/mol. The highest BCUT2D eigenvalue weighted by atomic mass is 32.1. The third-order valence-corrected chi connectivity index (χ3v) is 7.54. The lowest BCUT2D eigenvalue weighted by Gasteiger charge is -2.31. The van der Waals surface area contributed by atoms with Gasteiger partial charge >= 0.3 is 0 Å². The summed E-state index contributed by atoms with van der Waals surface area (Å²) < 4.78 is 10.4. The molecule has 0 radical (unpaired) electrons. The van der Waals surface area contributed by atoms with Crippen LogP contribution < -0.4 is 10.1 Å². The van der Waals surface area contributed by atoms with Crippen LogP contribution in [-0.4, -0.2) is 57.9 Å². The van der Waals surface area contributed by atoms with E-state index in [4.69, 9.17) is 9.15 Å². The van der Waals surface area contributed by atoms with Crippen LogP contribution in [0.15, 0.2) is 58.5 Å². The lowest BCUT2D eigenvalue weighted by atomic mass is 9.97. The highest BCUT2D eigenvalue weighted by molar-refractivity contribution is 7.10. The van der Waals surface area contributed by atoms with Crippen molar-refractivity contribution in [3.63, 3.8) is 0 Å². The fourth-order valence-electron chi connectivity index (χ4n) is 4.38. The van der Waals surface area contributed by atoms with Crippen LogP contribution in [0.25, 0.3) is 11.5 Å². The van der Waals surface area contributed by atoms with Crippen molar-refractivity contribution in [2.45, 2.75) is 31.6 Å². The van der Waals surface area contributed by atoms with Crippen molar-refractivity contribution in [3.8, 4) is 17.2 Å². The standard InChI is InChI=1S/C27H27N5O5S/c1-36-19-6-4-17(5-7-19)22(33)8-9-25(34)32-12-10-18(11-13-32)27-28-21(16-38-27)26(35)29-24-15-20(30-31-24)23-3-2-14-37-23/h2-7,14-16,18H,8-13H2,1H3,(H2,29,30,31,35). The van der Waals surface area contributed by atoms with Gasteiger partial charge in [-0.1, -0.05) is 0 Å². The number of Topliss-reactive ketones (excluding diaryl/α,β-unsaturated/α-hetero) is 1. The molecule has 0 unspecified atom stereocenters. The molecule has 2 N–H and O–H groups in total. The first-order valence-corrected chi connectivity index (χ1v) is 13.2. The molecule has 0 bridgehead atoms. The van der Waals surface area contributed by atoms with Gasteiger partial charge in [0.25, 0.3) is 5.91 Å². The van der Waals surface area contributed by atoms with Gasteiger partial charge in [0, 0.05) is 48.9 Å². The summed E-state index contributed by atoms with van der Waals surface area (Å²) >= 11 is 1.45. The summed E-state index contributed by atoms with van der Waals surface area (Å²) in [6.45, 7) is 1.20. The molecule has 0 aliphatic carbocycles. The number of nitrogens with zero attached hydrogens (tertiary/aromatic N) is 3. The third-order valence-electron chi connectivity index (χ3n) is 6.54. The summed E-state index contributed by atoms with van der Waals surface area (Å²) in [5.74, 6) is 1.47. The summed E-state index contributed by atoms with van der Waals surface area (Å²) in [7, 11) is 1.57. The van der Waals surface area contributed by atoms with Crippen molar-refractivity contribution in [2.75, 3.05) is 25.5 Å². The molecule has 1 aromatic carbocycles. The molecule has 4 aromatic rings. The number of H-pyrrole nitrogens is 1. The van der Waals surface area contributed by atoms with E-state index in [0.29, 0.717) is 47.4 Å². The molecular weight excluding hydrogens is 506 g/mol. The van der Waals surface area contributed by atoms with E-state index >= 15 is 0 Å². The Bertz CT molecular complexity index is 1400. The molecule has 11 heteroatoms. The van der Waals surface area contributed by atoms with E-state index in [1.54, 1.807) is 61.2 Å². The number of nitrogens with one attached hydrogen (secondary N) is 2. The first-order chi connectivity index (χ1) is 18.5. The summed E-state index contributed by atoms with van der Waals surface area (Å²) in [5, 5.41) is 12.3. The first kappa shape index (κ1) is 25.4. The average molecular weight is 534 g/mol. The van der Waals surface area contributed by atoms with Crippen LogP contribution in [0.4, 0.5) is 5.82 Å². The average Bonchev–Trinajstić information content (AvgIpc) is 3.74. The van der Waals surface area contributed by atoms with Gasteiger partial charge in [-0.3, -0.25) is 19.5 Å². The molecule has 1 saturated heterocycles. The Morgan fingerprint density at radius 3 is 2.66 bits per heavy atom. The Balaban J connectivity index is 1.09. The van der Waals surface area contributed by atoms with Crippen LogP contribution in [-0.2, 0) is 4.79 Å². The fourth-order valence-corrected chi connectivity index (χ4v) is 5.35. The van der Waals surface area contributed by atoms with Gasteiger partial charge in [0.15, 0.2) is 17.4 Å². The Morgan fingerprint density at radius 1 is 1.16 bits per heavy atom. The lowest BCUT2D eigenvalue weighted by Crippen LogP contribution is -2.38. The predicted octanol–water partition coefficient (Wildman–Crippen LogP) is 4.76. The molecule has 1 aliphatic heterocycles. The second-order valence-corrected chi connectivity index (χ2v) is 9.87. The summed E-state index contributed by atoms with van der Waals surface area (Å²) in [6.07, 6.45) is 3.45. The molecule has 38 heavy (non-hydrogen) atoms. The topological polar surface area (TPSA) is 130 Å². The van der Waals surface area contributed by atoms with Gasteiger partial charge in [-0.05, 0) is 49.2 Å². The molecule has 196 valence electrons. The van der Waals surface area contributed by atoms with Gasteiger partial charge in [0.2, 0.25) is 5.91 Å². The number of carbonyl (C=O) groups is 3. The number of hydrogen-bond donors (Lipinski definition) is 2. The number of methoxy groups -OCH3 is 1. The number of piperidine rings is 1. The highest BCUT2D eigenvalue weighted by Crippen LogP contribution is 2.31. The molecular formula is C27H27N5O5S. The van der Waals surface area contributed by atoms with E-state index < -0.39 is 0 Å². The second-order valence-electron chi connectivity index (χ2n) is 8.98. The van der Waals surface area contributed by atoms with Crippen molar-refractivity contribution < 1.29 is 23.5 Å². The SMILES string of the molecule is COc1ccc(C(=O)CCC(=O)N2CCC(c3nc(C(=O)Nc4cc(-c5ccco5)[nH]n4)cs3)CC2)cc1. The van der Waals surface area contributed by atoms with Crippen LogP contribution >= 0.6 is 11.3 Å². The maximum absolute atomic E-state index is 12.7. The second kappa shape index (κ2) is 11.4. The third kappa shape index (κ3) is 5.83. The number of benzene rings is 1. The van der Waals surface area contributed by atoms with E-state index in [0.717, 1.165) is 17.8 Å². The summed E-state index contributed by atoms with van der Waals surface area (Å²) in [5.41, 5.74) is 1.57. The van der Waals surface area contributed by atoms with Crippen molar-refractivity contribution in [1.29, 1.82) is 0 Å². The summed E-state index contributed by atoms with van der Waals surface area (Å²) in [4.78, 5) is 44.2. The van der Waals surface area contributed by atoms with Gasteiger partial charge in [-0.25, -0.2) is 4.98 Å². The number of aromatic amines is 1. The van der Waals surface area contributed by atoms with Crippen LogP contribution in [0.1, 0.15) is 57.5 Å². The molecule has 0 atom stereocenters. The molecule has 4 heterocycles. The highest BCUT2D eigenvalue weighted by Gasteiger charge is 2.27. The Hall–Kier alpha value is -4.25. The smallest absolute Gasteiger partial charge is 0.276 e. The number of amides is 2. The number of ether oxygens (including phenoxy) is 1. The minimum atomic E-state index is -0.334. The van der Waals surface area contributed by atoms with E-state index in [-0.39, 0.29) is 36.4 Å². The molecule has 3 aromatic heterocycles. The zero-order chi connectivity index (χ0) is 26.5. The van der Waals surface area contributed by atoms with Gasteiger partial charge in [-0.15, -0.1) is 11.3 Å². The number of furan rings is 1. The number of thiazole rings is 1. The van der Waals surface area contributed by atoms with Crippen molar-refractivity contribution in [2.24, 2.45) is 0 Å². The Labute approximate surface area is 223 Å². The quantitative estimate of drug-likeness (QED) is 0.297. The molecule has 0 saturated carbocycles. The van der Waals surface area contributed by atoms with Crippen molar-refractivity contribution in [1.82, 2.24) is 20.1 Å². The maximum Gasteiger partial charge on any atom is 0.276 e. The number of likely N-dealkylation sites (tertiary alicyclic amines) is 1. The number of carbonyl (C=O) groups excluding carboxylic acids is 3. The maximum atomic E-state index is 12.7. The molecule has 2 amide bonds. The summed E-state index contributed by atoms with van der Waals surface area (Å²) in [6, 6.07) is 12.2. The van der Waals surface area contributed by atoms with E-state index in [1.807, 2.05) is 4.90 Å². The lowest BCUT2D eigenvalue weighted by molar-refractivity contribution is -0.132. The number of anilines is 1. The van der Waals surface area contributed by atoms with Gasteiger partial charge in [0.1, 0.15) is 17.1 Å². The van der Waals surface area contributed by atoms with Crippen LogP contribution in [0.2, 0.25) is 0 Å². The Morgan fingerprint density at radius 2 is 1.95 bits per heavy atom. The van der Waals surface area contributed by atoms with E-state index in [2.05, 4.69) is 20.5 Å². The molecule has 1 aliphatic rings. The van der Waals surface area contributed by atoms with E-state index in [9.17, 15) is 14.4 Å². The van der Waals surface area contributed by atoms with E-state index in [1.165, 1.54) is 11.3 Å². The van der Waals surface area contributed by atoms with Gasteiger partial charge in [0.05, 0.1) is 18.4 Å². The van der Waals surface area contributed by atoms with Crippen molar-refractivity contribution >= 4 is 34.8 Å². The Kier molecular flexibility index (Phi) is 7.64.